The van der Waals surface area contributed by atoms with E-state index in [4.69, 9.17) is 37.4 Å². The molecule has 0 aromatic heterocycles. The zero-order valence-corrected chi connectivity index (χ0v) is 22.8. The van der Waals surface area contributed by atoms with Crippen molar-refractivity contribution in [3.05, 3.63) is 93.5 Å². The minimum absolute atomic E-state index is 0.0159. The number of hydrogen-bond acceptors (Lipinski definition) is 7. The molecule has 3 aromatic rings. The van der Waals surface area contributed by atoms with Gasteiger partial charge < -0.3 is 24.6 Å². The van der Waals surface area contributed by atoms with E-state index < -0.39 is 42.8 Å². The lowest BCUT2D eigenvalue weighted by Gasteiger charge is -2.19. The molecule has 0 saturated heterocycles. The van der Waals surface area contributed by atoms with Crippen molar-refractivity contribution in [2.45, 2.75) is 25.7 Å². The van der Waals surface area contributed by atoms with Crippen LogP contribution in [0.15, 0.2) is 66.7 Å². The van der Waals surface area contributed by atoms with Crippen LogP contribution in [0.4, 0.5) is 10.5 Å². The topological polar surface area (TPSA) is 140 Å². The second-order valence-corrected chi connectivity index (χ2v) is 9.17. The standard InChI is InChI=1S/C28H26Cl2N2O8/c1-38-24-12-5-9-18(26(24)32-28(37)40-14-17-7-3-2-4-8-17)27(36)31-22(13-25(34)35)23(33)16-39-15-19-20(29)10-6-11-21(19)30/h2-12,22H,13-16H2,1H3,(H,31,36)(H,32,37)(H,34,35). The number of carboxylic acid groups (broad SMARTS) is 1. The third-order valence-corrected chi connectivity index (χ3v) is 6.26. The first-order chi connectivity index (χ1) is 19.2. The molecule has 0 heterocycles. The summed E-state index contributed by atoms with van der Waals surface area (Å²) in [5.41, 5.74) is 1.11. The van der Waals surface area contributed by atoms with E-state index in [0.29, 0.717) is 15.6 Å². The lowest BCUT2D eigenvalue weighted by atomic mass is 10.1. The first-order valence-corrected chi connectivity index (χ1v) is 12.7. The van der Waals surface area contributed by atoms with E-state index in [1.807, 2.05) is 6.07 Å². The first kappa shape index (κ1) is 30.4. The summed E-state index contributed by atoms with van der Waals surface area (Å²) in [5, 5.41) is 14.9. The largest absolute Gasteiger partial charge is 0.495 e. The van der Waals surface area contributed by atoms with Gasteiger partial charge >= 0.3 is 12.1 Å². The zero-order valence-electron chi connectivity index (χ0n) is 21.3. The number of rotatable bonds is 13. The zero-order chi connectivity index (χ0) is 29.1. The summed E-state index contributed by atoms with van der Waals surface area (Å²) in [6.45, 7) is -0.639. The second kappa shape index (κ2) is 14.9. The molecular weight excluding hydrogens is 563 g/mol. The van der Waals surface area contributed by atoms with E-state index >= 15 is 0 Å². The van der Waals surface area contributed by atoms with Crippen molar-refractivity contribution in [3.8, 4) is 5.75 Å². The number of ether oxygens (including phenoxy) is 3. The maximum absolute atomic E-state index is 13.2. The molecule has 12 heteroatoms. The molecular formula is C28H26Cl2N2O8. The molecule has 0 radical (unpaired) electrons. The average Bonchev–Trinajstić information content (AvgIpc) is 2.93. The van der Waals surface area contributed by atoms with Gasteiger partial charge in [0.05, 0.1) is 31.4 Å². The van der Waals surface area contributed by atoms with Crippen LogP contribution in [0.2, 0.25) is 10.0 Å². The number of carboxylic acids is 1. The fourth-order valence-electron chi connectivity index (χ4n) is 3.56. The Morgan fingerprint density at radius 2 is 1.57 bits per heavy atom. The van der Waals surface area contributed by atoms with Gasteiger partial charge in [0.15, 0.2) is 5.78 Å². The van der Waals surface area contributed by atoms with Gasteiger partial charge in [0.2, 0.25) is 0 Å². The Balaban J connectivity index is 1.70. The number of aliphatic carboxylic acids is 1. The van der Waals surface area contributed by atoms with Crippen LogP contribution in [-0.4, -0.2) is 48.6 Å². The van der Waals surface area contributed by atoms with Crippen LogP contribution in [0.1, 0.15) is 27.9 Å². The highest BCUT2D eigenvalue weighted by Gasteiger charge is 2.27. The predicted molar refractivity (Wildman–Crippen MR) is 148 cm³/mol. The summed E-state index contributed by atoms with van der Waals surface area (Å²) >= 11 is 12.2. The van der Waals surface area contributed by atoms with Gasteiger partial charge in [0.25, 0.3) is 5.91 Å². The molecule has 3 rings (SSSR count). The Morgan fingerprint density at radius 1 is 0.900 bits per heavy atom. The number of anilines is 1. The van der Waals surface area contributed by atoms with Crippen LogP contribution < -0.4 is 15.4 Å². The molecule has 2 amide bonds. The maximum Gasteiger partial charge on any atom is 0.412 e. The number of amides is 2. The summed E-state index contributed by atoms with van der Waals surface area (Å²) in [7, 11) is 1.34. The predicted octanol–water partition coefficient (Wildman–Crippen LogP) is 5.11. The SMILES string of the molecule is COc1cccc(C(=O)NC(CC(=O)O)C(=O)COCc2c(Cl)cccc2Cl)c1NC(=O)OCc1ccccc1. The molecule has 0 aliphatic carbocycles. The van der Waals surface area contributed by atoms with E-state index in [2.05, 4.69) is 10.6 Å². The summed E-state index contributed by atoms with van der Waals surface area (Å²) in [5.74, 6) is -2.70. The number of nitrogens with one attached hydrogen (secondary N) is 2. The van der Waals surface area contributed by atoms with Gasteiger partial charge in [-0.15, -0.1) is 0 Å². The minimum Gasteiger partial charge on any atom is -0.495 e. The van der Waals surface area contributed by atoms with Gasteiger partial charge in [-0.3, -0.25) is 19.7 Å². The summed E-state index contributed by atoms with van der Waals surface area (Å²) in [6.07, 6.45) is -1.56. The Hall–Kier alpha value is -4.12. The number of carbonyl (C=O) groups excluding carboxylic acids is 3. The van der Waals surface area contributed by atoms with E-state index in [0.717, 1.165) is 5.56 Å². The van der Waals surface area contributed by atoms with E-state index in [1.54, 1.807) is 42.5 Å². The van der Waals surface area contributed by atoms with E-state index in [1.165, 1.54) is 25.3 Å². The lowest BCUT2D eigenvalue weighted by molar-refractivity contribution is -0.140. The van der Waals surface area contributed by atoms with Crippen LogP contribution in [-0.2, 0) is 32.3 Å². The van der Waals surface area contributed by atoms with Crippen molar-refractivity contribution in [2.24, 2.45) is 0 Å². The normalized spacial score (nSPS) is 11.3. The molecule has 0 fully saturated rings. The van der Waals surface area contributed by atoms with Gasteiger partial charge in [0, 0.05) is 15.6 Å². The van der Waals surface area contributed by atoms with Crippen molar-refractivity contribution in [2.75, 3.05) is 19.0 Å². The molecule has 1 atom stereocenters. The Kier molecular flexibility index (Phi) is 11.3. The van der Waals surface area contributed by atoms with Crippen molar-refractivity contribution in [1.29, 1.82) is 0 Å². The summed E-state index contributed by atoms with van der Waals surface area (Å²) in [4.78, 5) is 50.0. The molecule has 0 aliphatic rings. The second-order valence-electron chi connectivity index (χ2n) is 8.35. The highest BCUT2D eigenvalue weighted by atomic mass is 35.5. The number of benzene rings is 3. The number of hydrogen-bond donors (Lipinski definition) is 3. The molecule has 3 N–H and O–H groups in total. The monoisotopic (exact) mass is 588 g/mol. The van der Waals surface area contributed by atoms with Gasteiger partial charge in [-0.2, -0.15) is 0 Å². The van der Waals surface area contributed by atoms with Crippen molar-refractivity contribution in [1.82, 2.24) is 5.32 Å². The number of ketones is 1. The van der Waals surface area contributed by atoms with Crippen LogP contribution in [0.3, 0.4) is 0 Å². The molecule has 10 nitrogen and oxygen atoms in total. The fourth-order valence-corrected chi connectivity index (χ4v) is 4.07. The number of para-hydroxylation sites is 1. The van der Waals surface area contributed by atoms with E-state index in [-0.39, 0.29) is 30.2 Å². The van der Waals surface area contributed by atoms with Crippen molar-refractivity contribution in [3.63, 3.8) is 0 Å². The summed E-state index contributed by atoms with van der Waals surface area (Å²) < 4.78 is 15.9. The molecule has 0 saturated carbocycles. The highest BCUT2D eigenvalue weighted by molar-refractivity contribution is 6.35. The van der Waals surface area contributed by atoms with Gasteiger partial charge in [-0.1, -0.05) is 65.7 Å². The van der Waals surface area contributed by atoms with E-state index in [9.17, 15) is 24.3 Å². The van der Waals surface area contributed by atoms with Gasteiger partial charge in [-0.05, 0) is 29.8 Å². The van der Waals surface area contributed by atoms with Crippen molar-refractivity contribution < 1.29 is 38.5 Å². The van der Waals surface area contributed by atoms with Crippen LogP contribution in [0.5, 0.6) is 5.75 Å². The number of carbonyl (C=O) groups is 4. The lowest BCUT2D eigenvalue weighted by Crippen LogP contribution is -2.44. The Labute approximate surface area is 240 Å². The minimum atomic E-state index is -1.43. The number of halogens is 2. The third kappa shape index (κ3) is 8.70. The highest BCUT2D eigenvalue weighted by Crippen LogP contribution is 2.29. The fraction of sp³-hybridized carbons (Fsp3) is 0.214. The van der Waals surface area contributed by atoms with Crippen LogP contribution in [0, 0.1) is 0 Å². The molecule has 210 valence electrons. The maximum atomic E-state index is 13.2. The molecule has 1 unspecified atom stereocenters. The number of Topliss-reactive ketones (excluding diaryl/α,β-unsaturated/α-hetero) is 1. The van der Waals surface area contributed by atoms with Gasteiger partial charge in [0.1, 0.15) is 25.0 Å². The molecule has 0 spiro atoms. The van der Waals surface area contributed by atoms with Gasteiger partial charge in [-0.25, -0.2) is 4.79 Å². The van der Waals surface area contributed by atoms with Crippen LogP contribution in [0.25, 0.3) is 0 Å². The quantitative estimate of drug-likeness (QED) is 0.250. The summed E-state index contributed by atoms with van der Waals surface area (Å²) in [6, 6.07) is 16.8. The van der Waals surface area contributed by atoms with Crippen molar-refractivity contribution >= 4 is 52.6 Å². The number of methoxy groups -OCH3 is 1. The Morgan fingerprint density at radius 3 is 2.23 bits per heavy atom. The molecule has 3 aromatic carbocycles. The average molecular weight is 589 g/mol. The molecule has 40 heavy (non-hydrogen) atoms. The smallest absolute Gasteiger partial charge is 0.412 e. The molecule has 0 aliphatic heterocycles. The van der Waals surface area contributed by atoms with Crippen LogP contribution >= 0.6 is 23.2 Å². The molecule has 0 bridgehead atoms. The Bertz CT molecular complexity index is 1350. The first-order valence-electron chi connectivity index (χ1n) is 11.9. The third-order valence-electron chi connectivity index (χ3n) is 5.56.